The lowest BCUT2D eigenvalue weighted by molar-refractivity contribution is 0.0850. The summed E-state index contributed by atoms with van der Waals surface area (Å²) in [6, 6.07) is 0. The molecule has 0 radical (unpaired) electrons. The van der Waals surface area contributed by atoms with Gasteiger partial charge in [0.15, 0.2) is 0 Å². The molecule has 0 aromatic heterocycles. The molecule has 0 amide bonds. The number of aliphatic hydroxyl groups is 1. The summed E-state index contributed by atoms with van der Waals surface area (Å²) in [4.78, 5) is 0. The molecule has 1 unspecified atom stereocenters. The van der Waals surface area contributed by atoms with E-state index < -0.39 is 0 Å². The summed E-state index contributed by atoms with van der Waals surface area (Å²) < 4.78 is 5.48. The zero-order valence-electron chi connectivity index (χ0n) is 12.7. The normalized spacial score (nSPS) is 16.8. The highest BCUT2D eigenvalue weighted by Crippen LogP contribution is 2.18. The third-order valence-electron chi connectivity index (χ3n) is 3.87. The molecule has 0 bridgehead atoms. The molecule has 2 heteroatoms. The highest BCUT2D eigenvalue weighted by Gasteiger charge is 2.14. The van der Waals surface area contributed by atoms with Crippen LogP contribution >= 0.6 is 0 Å². The zero-order chi connectivity index (χ0) is 13.8. The first-order valence-electron chi connectivity index (χ1n) is 8.35. The van der Waals surface area contributed by atoms with Crippen LogP contribution in [0.2, 0.25) is 0 Å². The second-order valence-corrected chi connectivity index (χ2v) is 5.73. The lowest BCUT2D eigenvalue weighted by Gasteiger charge is -2.19. The number of allylic oxidation sites excluding steroid dienone is 1. The highest BCUT2D eigenvalue weighted by molar-refractivity contribution is 5.01. The predicted molar refractivity (Wildman–Crippen MR) is 81.1 cm³/mol. The second-order valence-electron chi connectivity index (χ2n) is 5.73. The van der Waals surface area contributed by atoms with Gasteiger partial charge in [0.1, 0.15) is 11.9 Å². The molecule has 0 saturated heterocycles. The van der Waals surface area contributed by atoms with Crippen molar-refractivity contribution in [3.63, 3.8) is 0 Å². The third kappa shape index (κ3) is 8.30. The first-order valence-corrected chi connectivity index (χ1v) is 8.35. The molecule has 0 aliphatic carbocycles. The maximum Gasteiger partial charge on any atom is 0.120 e. The number of rotatable bonds is 11. The standard InChI is InChI=1S/C17H32O2/c1-2-3-4-5-6-7-8-9-10-13-16(18)17-14-11-12-15-19-17/h14,16,18H,2-13,15H2,1H3. The summed E-state index contributed by atoms with van der Waals surface area (Å²) in [5, 5.41) is 9.98. The third-order valence-corrected chi connectivity index (χ3v) is 3.87. The topological polar surface area (TPSA) is 29.5 Å². The van der Waals surface area contributed by atoms with E-state index in [0.29, 0.717) is 0 Å². The highest BCUT2D eigenvalue weighted by atomic mass is 16.5. The summed E-state index contributed by atoms with van der Waals surface area (Å²) in [6.45, 7) is 3.04. The molecular weight excluding hydrogens is 236 g/mol. The number of hydrogen-bond donors (Lipinski definition) is 1. The Bertz CT molecular complexity index is 235. The van der Waals surface area contributed by atoms with Gasteiger partial charge in [-0.05, 0) is 25.3 Å². The summed E-state index contributed by atoms with van der Waals surface area (Å²) in [5.41, 5.74) is 0. The molecular formula is C17H32O2. The fourth-order valence-corrected chi connectivity index (χ4v) is 2.60. The van der Waals surface area contributed by atoms with Crippen LogP contribution in [-0.4, -0.2) is 17.8 Å². The van der Waals surface area contributed by atoms with E-state index in [0.717, 1.165) is 38.0 Å². The Kier molecular flexibility index (Phi) is 9.88. The molecule has 1 N–H and O–H groups in total. The number of unbranched alkanes of at least 4 members (excludes halogenated alkanes) is 8. The summed E-state index contributed by atoms with van der Waals surface area (Å²) in [7, 11) is 0. The van der Waals surface area contributed by atoms with Crippen LogP contribution in [0.5, 0.6) is 0 Å². The van der Waals surface area contributed by atoms with Crippen molar-refractivity contribution in [2.75, 3.05) is 6.61 Å². The molecule has 0 aromatic rings. The Morgan fingerprint density at radius 1 is 1.05 bits per heavy atom. The van der Waals surface area contributed by atoms with Crippen LogP contribution in [-0.2, 0) is 4.74 Å². The summed E-state index contributed by atoms with van der Waals surface area (Å²) >= 11 is 0. The largest absolute Gasteiger partial charge is 0.496 e. The van der Waals surface area contributed by atoms with Crippen molar-refractivity contribution >= 4 is 0 Å². The van der Waals surface area contributed by atoms with Crippen LogP contribution in [0.25, 0.3) is 0 Å². The van der Waals surface area contributed by atoms with Crippen molar-refractivity contribution in [2.45, 2.75) is 90.1 Å². The molecule has 1 rings (SSSR count). The Labute approximate surface area is 119 Å². The van der Waals surface area contributed by atoms with Crippen LogP contribution in [0.3, 0.4) is 0 Å². The van der Waals surface area contributed by atoms with Gasteiger partial charge < -0.3 is 9.84 Å². The average molecular weight is 268 g/mol. The SMILES string of the molecule is CCCCCCCCCCCC(O)C1=CCCCO1. The molecule has 1 aliphatic rings. The Morgan fingerprint density at radius 3 is 2.26 bits per heavy atom. The van der Waals surface area contributed by atoms with Gasteiger partial charge in [-0.3, -0.25) is 0 Å². The first kappa shape index (κ1) is 16.6. The van der Waals surface area contributed by atoms with Gasteiger partial charge in [-0.1, -0.05) is 64.7 Å². The van der Waals surface area contributed by atoms with E-state index in [1.165, 1.54) is 51.4 Å². The van der Waals surface area contributed by atoms with Crippen LogP contribution in [0.15, 0.2) is 11.8 Å². The van der Waals surface area contributed by atoms with Gasteiger partial charge in [-0.2, -0.15) is 0 Å². The maximum absolute atomic E-state index is 9.98. The van der Waals surface area contributed by atoms with E-state index in [9.17, 15) is 5.11 Å². The minimum absolute atomic E-state index is 0.357. The molecule has 0 fully saturated rings. The lowest BCUT2D eigenvalue weighted by Crippen LogP contribution is -2.16. The molecule has 1 heterocycles. The smallest absolute Gasteiger partial charge is 0.120 e. The van der Waals surface area contributed by atoms with Gasteiger partial charge in [0.2, 0.25) is 0 Å². The van der Waals surface area contributed by atoms with Crippen molar-refractivity contribution in [3.8, 4) is 0 Å². The summed E-state index contributed by atoms with van der Waals surface area (Å²) in [5.74, 6) is 0.825. The Morgan fingerprint density at radius 2 is 1.68 bits per heavy atom. The van der Waals surface area contributed by atoms with Gasteiger partial charge in [-0.25, -0.2) is 0 Å². The van der Waals surface area contributed by atoms with Gasteiger partial charge >= 0.3 is 0 Å². The van der Waals surface area contributed by atoms with E-state index in [1.54, 1.807) is 0 Å². The average Bonchev–Trinajstić information content (AvgIpc) is 2.46. The van der Waals surface area contributed by atoms with Crippen LogP contribution in [0.4, 0.5) is 0 Å². The molecule has 1 atom stereocenters. The van der Waals surface area contributed by atoms with Gasteiger partial charge in [0, 0.05) is 0 Å². The van der Waals surface area contributed by atoms with E-state index in [4.69, 9.17) is 4.74 Å². The van der Waals surface area contributed by atoms with Crippen molar-refractivity contribution in [3.05, 3.63) is 11.8 Å². The fraction of sp³-hybridized carbons (Fsp3) is 0.882. The van der Waals surface area contributed by atoms with E-state index in [1.807, 2.05) is 0 Å². The van der Waals surface area contributed by atoms with E-state index in [-0.39, 0.29) is 6.10 Å². The molecule has 19 heavy (non-hydrogen) atoms. The van der Waals surface area contributed by atoms with Crippen molar-refractivity contribution in [2.24, 2.45) is 0 Å². The fourth-order valence-electron chi connectivity index (χ4n) is 2.60. The van der Waals surface area contributed by atoms with E-state index in [2.05, 4.69) is 13.0 Å². The van der Waals surface area contributed by atoms with Crippen LogP contribution < -0.4 is 0 Å². The van der Waals surface area contributed by atoms with Gasteiger partial charge in [0.05, 0.1) is 6.61 Å². The minimum atomic E-state index is -0.357. The molecule has 0 spiro atoms. The quantitative estimate of drug-likeness (QED) is 0.536. The molecule has 2 nitrogen and oxygen atoms in total. The Hall–Kier alpha value is -0.500. The van der Waals surface area contributed by atoms with Crippen molar-refractivity contribution in [1.29, 1.82) is 0 Å². The number of aliphatic hydroxyl groups excluding tert-OH is 1. The van der Waals surface area contributed by atoms with Crippen molar-refractivity contribution < 1.29 is 9.84 Å². The van der Waals surface area contributed by atoms with Crippen molar-refractivity contribution in [1.82, 2.24) is 0 Å². The maximum atomic E-state index is 9.98. The number of hydrogen-bond acceptors (Lipinski definition) is 2. The lowest BCUT2D eigenvalue weighted by atomic mass is 10.0. The summed E-state index contributed by atoms with van der Waals surface area (Å²) in [6.07, 6.45) is 16.7. The molecule has 1 aliphatic heterocycles. The zero-order valence-corrected chi connectivity index (χ0v) is 12.7. The van der Waals surface area contributed by atoms with Crippen LogP contribution in [0, 0.1) is 0 Å². The van der Waals surface area contributed by atoms with Crippen LogP contribution in [0.1, 0.15) is 84.0 Å². The first-order chi connectivity index (χ1) is 9.34. The minimum Gasteiger partial charge on any atom is -0.496 e. The monoisotopic (exact) mass is 268 g/mol. The molecule has 0 aromatic carbocycles. The Balaban J connectivity index is 1.88. The molecule has 0 saturated carbocycles. The molecule has 112 valence electrons. The van der Waals surface area contributed by atoms with E-state index >= 15 is 0 Å². The van der Waals surface area contributed by atoms with Gasteiger partial charge in [0.25, 0.3) is 0 Å². The van der Waals surface area contributed by atoms with Gasteiger partial charge in [-0.15, -0.1) is 0 Å². The number of ether oxygens (including phenoxy) is 1. The second kappa shape index (κ2) is 11.3. The predicted octanol–water partition coefficient (Wildman–Crippen LogP) is 4.96.